The molecule has 2 N–H and O–H groups in total. The van der Waals surface area contributed by atoms with E-state index in [1.165, 1.54) is 38.8 Å². The second kappa shape index (κ2) is 9.87. The number of aliphatic imine (C=N–C) groups is 1. The van der Waals surface area contributed by atoms with Gasteiger partial charge in [0.2, 0.25) is 0 Å². The van der Waals surface area contributed by atoms with Crippen molar-refractivity contribution in [3.05, 3.63) is 11.6 Å². The Bertz CT molecular complexity index is 590. The van der Waals surface area contributed by atoms with E-state index >= 15 is 0 Å². The van der Waals surface area contributed by atoms with E-state index in [4.69, 9.17) is 4.99 Å². The van der Waals surface area contributed by atoms with Crippen molar-refractivity contribution in [3.63, 3.8) is 0 Å². The lowest BCUT2D eigenvalue weighted by atomic mass is 9.98. The number of rotatable bonds is 6. The summed E-state index contributed by atoms with van der Waals surface area (Å²) >= 11 is 0. The molecule has 2 aliphatic heterocycles. The van der Waals surface area contributed by atoms with Gasteiger partial charge in [-0.05, 0) is 53.1 Å². The highest BCUT2D eigenvalue weighted by molar-refractivity contribution is 14.0. The predicted molar refractivity (Wildman–Crippen MR) is 116 cm³/mol. The van der Waals surface area contributed by atoms with Crippen LogP contribution in [0.15, 0.2) is 4.99 Å². The largest absolute Gasteiger partial charge is 0.357 e. The van der Waals surface area contributed by atoms with Gasteiger partial charge in [0, 0.05) is 31.6 Å². The van der Waals surface area contributed by atoms with E-state index in [9.17, 15) is 0 Å². The first kappa shape index (κ1) is 21.4. The lowest BCUT2D eigenvalue weighted by Crippen LogP contribution is -2.54. The van der Waals surface area contributed by atoms with E-state index in [-0.39, 0.29) is 29.5 Å². The maximum Gasteiger partial charge on any atom is 0.191 e. The van der Waals surface area contributed by atoms with Gasteiger partial charge in [0.1, 0.15) is 12.4 Å². The molecule has 0 atom stereocenters. The Kier molecular flexibility index (Phi) is 8.12. The van der Waals surface area contributed by atoms with Gasteiger partial charge in [0.05, 0.1) is 0 Å². The lowest BCUT2D eigenvalue weighted by Gasteiger charge is -2.41. The van der Waals surface area contributed by atoms with Crippen molar-refractivity contribution in [2.45, 2.75) is 71.5 Å². The van der Waals surface area contributed by atoms with E-state index in [1.807, 2.05) is 0 Å². The summed E-state index contributed by atoms with van der Waals surface area (Å²) in [4.78, 5) is 7.33. The molecular formula is C18H34IN7. The fraction of sp³-hybridized carbons (Fsp3) is 0.833. The molecule has 0 radical (unpaired) electrons. The number of aryl methyl sites for hydroxylation is 1. The fourth-order valence-corrected chi connectivity index (χ4v) is 3.73. The summed E-state index contributed by atoms with van der Waals surface area (Å²) in [6, 6.07) is 0. The summed E-state index contributed by atoms with van der Waals surface area (Å²) in [5.41, 5.74) is 0.132. The van der Waals surface area contributed by atoms with Gasteiger partial charge >= 0.3 is 0 Å². The number of fused-ring (bicyclic) bond motifs is 1. The van der Waals surface area contributed by atoms with Crippen LogP contribution < -0.4 is 10.6 Å². The van der Waals surface area contributed by atoms with Crippen LogP contribution in [0, 0.1) is 0 Å². The number of halogens is 1. The molecule has 0 spiro atoms. The third-order valence-electron chi connectivity index (χ3n) is 5.31. The summed E-state index contributed by atoms with van der Waals surface area (Å²) in [5.74, 6) is 2.94. The number of nitrogens with one attached hydrogen (secondary N) is 2. The highest BCUT2D eigenvalue weighted by atomic mass is 127. The van der Waals surface area contributed by atoms with E-state index in [0.29, 0.717) is 6.54 Å². The molecule has 2 aliphatic rings. The first-order chi connectivity index (χ1) is 12.1. The Hall–Kier alpha value is -0.900. The minimum atomic E-state index is 0. The molecule has 0 unspecified atom stereocenters. The minimum absolute atomic E-state index is 0. The summed E-state index contributed by atoms with van der Waals surface area (Å²) < 4.78 is 2.21. The first-order valence-electron chi connectivity index (χ1n) is 9.78. The molecule has 0 aromatic carbocycles. The number of piperidine rings is 1. The highest BCUT2D eigenvalue weighted by Gasteiger charge is 2.28. The number of aromatic nitrogens is 3. The fourth-order valence-electron chi connectivity index (χ4n) is 3.73. The quantitative estimate of drug-likeness (QED) is 0.375. The molecule has 1 aromatic rings. The van der Waals surface area contributed by atoms with Crippen LogP contribution in [0.1, 0.15) is 58.1 Å². The van der Waals surface area contributed by atoms with Crippen LogP contribution in [0.3, 0.4) is 0 Å². The molecule has 7 nitrogen and oxygen atoms in total. The third kappa shape index (κ3) is 5.31. The molecule has 3 rings (SSSR count). The van der Waals surface area contributed by atoms with Crippen molar-refractivity contribution < 1.29 is 0 Å². The van der Waals surface area contributed by atoms with Gasteiger partial charge in [0.25, 0.3) is 0 Å². The topological polar surface area (TPSA) is 70.4 Å². The molecule has 8 heteroatoms. The molecule has 3 heterocycles. The van der Waals surface area contributed by atoms with E-state index < -0.39 is 0 Å². The Morgan fingerprint density at radius 3 is 2.58 bits per heavy atom. The Morgan fingerprint density at radius 1 is 1.08 bits per heavy atom. The molecule has 1 fully saturated rings. The van der Waals surface area contributed by atoms with Crippen LogP contribution in [0.2, 0.25) is 0 Å². The molecule has 1 aromatic heterocycles. The maximum absolute atomic E-state index is 4.73. The van der Waals surface area contributed by atoms with E-state index in [2.05, 4.69) is 51.1 Å². The minimum Gasteiger partial charge on any atom is -0.357 e. The van der Waals surface area contributed by atoms with Crippen molar-refractivity contribution in [1.29, 1.82) is 0 Å². The SMILES string of the molecule is CCNC(=NCc1nnc2n1CCC2)NCC(C)(C)N1CCCCC1.I. The van der Waals surface area contributed by atoms with Crippen LogP contribution in [0.4, 0.5) is 0 Å². The summed E-state index contributed by atoms with van der Waals surface area (Å²) in [7, 11) is 0. The number of hydrogen-bond acceptors (Lipinski definition) is 4. The van der Waals surface area contributed by atoms with Crippen LogP contribution >= 0.6 is 24.0 Å². The van der Waals surface area contributed by atoms with Gasteiger partial charge in [-0.2, -0.15) is 0 Å². The summed E-state index contributed by atoms with van der Waals surface area (Å²) in [5, 5.41) is 15.4. The average Bonchev–Trinajstić information content (AvgIpc) is 3.22. The molecule has 0 saturated carbocycles. The standard InChI is InChI=1S/C18H33N7.HI/c1-4-19-17(20-13-16-23-22-15-9-8-12-25(15)16)21-14-18(2,3)24-10-6-5-7-11-24;/h4-14H2,1-3H3,(H2,19,20,21);1H. The monoisotopic (exact) mass is 475 g/mol. The Labute approximate surface area is 174 Å². The van der Waals surface area contributed by atoms with Gasteiger partial charge in [-0.1, -0.05) is 6.42 Å². The van der Waals surface area contributed by atoms with Gasteiger partial charge < -0.3 is 15.2 Å². The van der Waals surface area contributed by atoms with Crippen LogP contribution in [-0.2, 0) is 19.5 Å². The molecule has 1 saturated heterocycles. The Morgan fingerprint density at radius 2 is 1.85 bits per heavy atom. The molecule has 26 heavy (non-hydrogen) atoms. The third-order valence-corrected chi connectivity index (χ3v) is 5.31. The number of guanidine groups is 1. The lowest BCUT2D eigenvalue weighted by molar-refractivity contribution is 0.0982. The Balaban J connectivity index is 0.00000243. The molecule has 0 bridgehead atoms. The first-order valence-corrected chi connectivity index (χ1v) is 9.78. The zero-order valence-corrected chi connectivity index (χ0v) is 18.8. The molecule has 148 valence electrons. The summed E-state index contributed by atoms with van der Waals surface area (Å²) in [6.07, 6.45) is 6.21. The second-order valence-corrected chi connectivity index (χ2v) is 7.70. The van der Waals surface area contributed by atoms with Crippen molar-refractivity contribution in [3.8, 4) is 0 Å². The van der Waals surface area contributed by atoms with Crippen molar-refractivity contribution in [2.24, 2.45) is 4.99 Å². The predicted octanol–water partition coefficient (Wildman–Crippen LogP) is 2.16. The normalized spacial score (nSPS) is 18.3. The number of hydrogen-bond donors (Lipinski definition) is 2. The number of nitrogens with zero attached hydrogens (tertiary/aromatic N) is 5. The molecular weight excluding hydrogens is 441 g/mol. The molecule has 0 aliphatic carbocycles. The van der Waals surface area contributed by atoms with Crippen molar-refractivity contribution >= 4 is 29.9 Å². The van der Waals surface area contributed by atoms with Crippen LogP contribution in [-0.4, -0.2) is 57.3 Å². The zero-order valence-electron chi connectivity index (χ0n) is 16.4. The average molecular weight is 475 g/mol. The van der Waals surface area contributed by atoms with Gasteiger partial charge in [0.15, 0.2) is 11.8 Å². The van der Waals surface area contributed by atoms with E-state index in [0.717, 1.165) is 43.7 Å². The number of likely N-dealkylation sites (tertiary alicyclic amines) is 1. The van der Waals surface area contributed by atoms with Crippen LogP contribution in [0.5, 0.6) is 0 Å². The van der Waals surface area contributed by atoms with Crippen molar-refractivity contribution in [1.82, 2.24) is 30.3 Å². The smallest absolute Gasteiger partial charge is 0.191 e. The highest BCUT2D eigenvalue weighted by Crippen LogP contribution is 2.19. The van der Waals surface area contributed by atoms with Crippen molar-refractivity contribution in [2.75, 3.05) is 26.2 Å². The van der Waals surface area contributed by atoms with Gasteiger partial charge in [-0.3, -0.25) is 4.90 Å². The van der Waals surface area contributed by atoms with Crippen LogP contribution in [0.25, 0.3) is 0 Å². The van der Waals surface area contributed by atoms with Gasteiger partial charge in [-0.15, -0.1) is 34.2 Å². The maximum atomic E-state index is 4.73. The van der Waals surface area contributed by atoms with E-state index in [1.54, 1.807) is 0 Å². The van der Waals surface area contributed by atoms with Gasteiger partial charge in [-0.25, -0.2) is 4.99 Å². The zero-order chi connectivity index (χ0) is 17.7. The summed E-state index contributed by atoms with van der Waals surface area (Å²) in [6.45, 7) is 12.5. The molecule has 0 amide bonds. The second-order valence-electron chi connectivity index (χ2n) is 7.70.